The van der Waals surface area contributed by atoms with E-state index in [-0.39, 0.29) is 23.1 Å². The maximum Gasteiger partial charge on any atom is 0.416 e. The number of ether oxygens (including phenoxy) is 2. The van der Waals surface area contributed by atoms with Crippen molar-refractivity contribution in [2.75, 3.05) is 7.11 Å². The molecule has 198 valence electrons. The average Bonchev–Trinajstić information content (AvgIpc) is 2.87. The predicted octanol–water partition coefficient (Wildman–Crippen LogP) is 6.12. The first-order valence-electron chi connectivity index (χ1n) is 12.1. The van der Waals surface area contributed by atoms with E-state index >= 15 is 0 Å². The van der Waals surface area contributed by atoms with Gasteiger partial charge in [0.15, 0.2) is 23.1 Å². The number of allylic oxidation sites excluding steroid dienone is 4. The molecule has 0 saturated heterocycles. The van der Waals surface area contributed by atoms with Gasteiger partial charge < -0.3 is 14.8 Å². The third-order valence-electron chi connectivity index (χ3n) is 7.02. The molecule has 0 bridgehead atoms. The van der Waals surface area contributed by atoms with Gasteiger partial charge in [-0.05, 0) is 55.5 Å². The summed E-state index contributed by atoms with van der Waals surface area (Å²) in [6, 6.07) is 6.71. The monoisotopic (exact) mass is 528 g/mol. The molecule has 0 amide bonds. The van der Waals surface area contributed by atoms with E-state index in [1.807, 2.05) is 0 Å². The highest BCUT2D eigenvalue weighted by Gasteiger charge is 2.40. The van der Waals surface area contributed by atoms with Gasteiger partial charge in [0, 0.05) is 47.4 Å². The summed E-state index contributed by atoms with van der Waals surface area (Å²) in [4.78, 5) is 36.6. The van der Waals surface area contributed by atoms with Gasteiger partial charge in [-0.2, -0.15) is 13.2 Å². The minimum Gasteiger partial charge on any atom is -0.493 e. The van der Waals surface area contributed by atoms with Gasteiger partial charge in [-0.3, -0.25) is 19.7 Å². The Hall–Kier alpha value is -4.15. The first kappa shape index (κ1) is 25.5. The average molecular weight is 528 g/mol. The Kier molecular flexibility index (Phi) is 6.46. The molecule has 0 fully saturated rings. The number of hydrogen-bond donors (Lipinski definition) is 1. The molecule has 0 radical (unpaired) electrons. The molecule has 38 heavy (non-hydrogen) atoms. The number of ketones is 2. The number of nitro benzene ring substituents is 1. The molecule has 3 aliphatic rings. The number of carbonyl (C=O) groups excluding carboxylic acids is 2. The van der Waals surface area contributed by atoms with Gasteiger partial charge in [0.2, 0.25) is 5.75 Å². The van der Waals surface area contributed by atoms with E-state index in [1.54, 1.807) is 12.1 Å². The second-order valence-corrected chi connectivity index (χ2v) is 9.35. The number of halogens is 3. The van der Waals surface area contributed by atoms with Crippen LogP contribution in [0.5, 0.6) is 17.2 Å². The number of methoxy groups -OCH3 is 1. The smallest absolute Gasteiger partial charge is 0.416 e. The summed E-state index contributed by atoms with van der Waals surface area (Å²) in [5.74, 6) is -0.879. The van der Waals surface area contributed by atoms with Gasteiger partial charge in [-0.15, -0.1) is 0 Å². The van der Waals surface area contributed by atoms with E-state index < -0.39 is 34.0 Å². The number of dihydropyridines is 1. The Morgan fingerprint density at radius 3 is 2.05 bits per heavy atom. The topological polar surface area (TPSA) is 108 Å². The van der Waals surface area contributed by atoms with Crippen molar-refractivity contribution in [3.05, 3.63) is 80.2 Å². The SMILES string of the molecule is COc1cc(C2C3=C(CCCC3=O)NC3=C2C(=O)CCC3)ccc1Oc1ccc(C(F)(F)F)cc1[N+](=O)[O-]. The lowest BCUT2D eigenvalue weighted by Crippen LogP contribution is -2.36. The van der Waals surface area contributed by atoms with Crippen molar-refractivity contribution in [2.45, 2.75) is 50.6 Å². The van der Waals surface area contributed by atoms with E-state index in [2.05, 4.69) is 5.32 Å². The van der Waals surface area contributed by atoms with E-state index in [0.717, 1.165) is 30.3 Å². The van der Waals surface area contributed by atoms with Gasteiger partial charge in [0.25, 0.3) is 0 Å². The van der Waals surface area contributed by atoms with Gasteiger partial charge in [-0.25, -0.2) is 0 Å². The number of carbonyl (C=O) groups is 2. The number of Topliss-reactive ketones (excluding diaryl/α,β-unsaturated/α-hetero) is 2. The van der Waals surface area contributed by atoms with Crippen LogP contribution >= 0.6 is 0 Å². The van der Waals surface area contributed by atoms with Crippen molar-refractivity contribution in [2.24, 2.45) is 0 Å². The number of nitrogens with zero attached hydrogens (tertiary/aromatic N) is 1. The van der Waals surface area contributed by atoms with E-state index in [1.165, 1.54) is 13.2 Å². The fourth-order valence-electron chi connectivity index (χ4n) is 5.31. The number of benzene rings is 2. The largest absolute Gasteiger partial charge is 0.493 e. The summed E-state index contributed by atoms with van der Waals surface area (Å²) in [6.07, 6.45) is -1.18. The van der Waals surface area contributed by atoms with Crippen molar-refractivity contribution < 1.29 is 37.2 Å². The molecular weight excluding hydrogens is 505 g/mol. The van der Waals surface area contributed by atoms with Crippen LogP contribution in [0.2, 0.25) is 0 Å². The van der Waals surface area contributed by atoms with E-state index in [9.17, 15) is 32.9 Å². The Morgan fingerprint density at radius 1 is 0.895 bits per heavy atom. The zero-order chi connectivity index (χ0) is 27.2. The number of alkyl halides is 3. The summed E-state index contributed by atoms with van der Waals surface area (Å²) in [5.41, 5.74) is 1.34. The molecule has 1 aliphatic heterocycles. The van der Waals surface area contributed by atoms with Crippen LogP contribution in [0.25, 0.3) is 0 Å². The first-order chi connectivity index (χ1) is 18.1. The van der Waals surface area contributed by atoms with E-state index in [0.29, 0.717) is 54.5 Å². The predicted molar refractivity (Wildman–Crippen MR) is 129 cm³/mol. The van der Waals surface area contributed by atoms with E-state index in [4.69, 9.17) is 9.47 Å². The molecule has 1 heterocycles. The van der Waals surface area contributed by atoms with Crippen molar-refractivity contribution in [3.63, 3.8) is 0 Å². The van der Waals surface area contributed by atoms with Crippen LogP contribution in [0.3, 0.4) is 0 Å². The van der Waals surface area contributed by atoms with Crippen molar-refractivity contribution >= 4 is 17.3 Å². The quantitative estimate of drug-likeness (QED) is 0.368. The van der Waals surface area contributed by atoms with Crippen LogP contribution < -0.4 is 14.8 Å². The minimum absolute atomic E-state index is 0.0291. The number of hydrogen-bond acceptors (Lipinski definition) is 7. The molecule has 0 saturated carbocycles. The Morgan fingerprint density at radius 2 is 1.50 bits per heavy atom. The van der Waals surface area contributed by atoms with Crippen molar-refractivity contribution in [1.29, 1.82) is 0 Å². The summed E-state index contributed by atoms with van der Waals surface area (Å²) < 4.78 is 50.3. The Labute approximate surface area is 215 Å². The molecule has 1 N–H and O–H groups in total. The normalized spacial score (nSPS) is 18.1. The minimum atomic E-state index is -4.76. The maximum atomic E-state index is 13.1. The second-order valence-electron chi connectivity index (χ2n) is 9.35. The highest BCUT2D eigenvalue weighted by Crippen LogP contribution is 2.47. The van der Waals surface area contributed by atoms with Gasteiger partial charge >= 0.3 is 11.9 Å². The molecule has 0 unspecified atom stereocenters. The molecule has 0 atom stereocenters. The number of nitrogens with one attached hydrogen (secondary N) is 1. The fourth-order valence-corrected chi connectivity index (χ4v) is 5.31. The third-order valence-corrected chi connectivity index (χ3v) is 7.02. The lowest BCUT2D eigenvalue weighted by atomic mass is 9.71. The summed E-state index contributed by atoms with van der Waals surface area (Å²) >= 11 is 0. The van der Waals surface area contributed by atoms with Gasteiger partial charge in [0.05, 0.1) is 17.6 Å². The van der Waals surface area contributed by atoms with Gasteiger partial charge in [0.1, 0.15) is 0 Å². The molecule has 0 spiro atoms. The van der Waals surface area contributed by atoms with Crippen LogP contribution in [-0.4, -0.2) is 23.6 Å². The molecule has 2 aromatic rings. The Balaban J connectivity index is 1.56. The fraction of sp³-hybridized carbons (Fsp3) is 0.333. The van der Waals surface area contributed by atoms with Crippen LogP contribution in [0, 0.1) is 10.1 Å². The summed E-state index contributed by atoms with van der Waals surface area (Å²) in [5, 5.41) is 14.8. The summed E-state index contributed by atoms with van der Waals surface area (Å²) in [6.45, 7) is 0. The van der Waals surface area contributed by atoms with Crippen LogP contribution in [-0.2, 0) is 15.8 Å². The lowest BCUT2D eigenvalue weighted by Gasteiger charge is -2.37. The number of nitro groups is 1. The first-order valence-corrected chi connectivity index (χ1v) is 12.1. The molecule has 0 aromatic heterocycles. The molecule has 11 heteroatoms. The van der Waals surface area contributed by atoms with Crippen molar-refractivity contribution in [3.8, 4) is 17.2 Å². The van der Waals surface area contributed by atoms with Crippen LogP contribution in [0.15, 0.2) is 58.9 Å². The molecule has 5 rings (SSSR count). The number of rotatable bonds is 5. The molecule has 2 aliphatic carbocycles. The second kappa shape index (κ2) is 9.62. The summed E-state index contributed by atoms with van der Waals surface area (Å²) in [7, 11) is 1.35. The maximum absolute atomic E-state index is 13.1. The van der Waals surface area contributed by atoms with Crippen LogP contribution in [0.1, 0.15) is 55.6 Å². The standard InChI is InChI=1S/C27H23F3N2O6/c1-37-23-12-14(8-10-22(23)38-21-11-9-15(27(28,29)30)13-18(21)32(35)36)24-25-16(4-2-6-19(25)33)31-17-5-3-7-20(34)26(17)24/h8-13,24,31H,2-7H2,1H3. The highest BCUT2D eigenvalue weighted by atomic mass is 19.4. The molecular formula is C27H23F3N2O6. The third kappa shape index (κ3) is 4.52. The zero-order valence-electron chi connectivity index (χ0n) is 20.3. The molecule has 8 nitrogen and oxygen atoms in total. The Bertz CT molecular complexity index is 1380. The highest BCUT2D eigenvalue weighted by molar-refractivity contribution is 6.06. The van der Waals surface area contributed by atoms with Gasteiger partial charge in [-0.1, -0.05) is 6.07 Å². The zero-order valence-corrected chi connectivity index (χ0v) is 20.3. The van der Waals surface area contributed by atoms with Crippen LogP contribution in [0.4, 0.5) is 18.9 Å². The molecule has 2 aromatic carbocycles. The lowest BCUT2D eigenvalue weighted by molar-refractivity contribution is -0.385. The van der Waals surface area contributed by atoms with Crippen molar-refractivity contribution in [1.82, 2.24) is 5.32 Å².